The van der Waals surface area contributed by atoms with Crippen molar-refractivity contribution in [2.45, 2.75) is 51.4 Å². The Morgan fingerprint density at radius 3 is 2.91 bits per heavy atom. The molecular weight excluding hydrogens is 272 g/mol. The van der Waals surface area contributed by atoms with Gasteiger partial charge in [0.25, 0.3) is 0 Å². The van der Waals surface area contributed by atoms with Gasteiger partial charge in [-0.15, -0.1) is 0 Å². The summed E-state index contributed by atoms with van der Waals surface area (Å²) in [5, 5.41) is 9.73. The number of hydrogen-bond donors (Lipinski definition) is 1. The summed E-state index contributed by atoms with van der Waals surface area (Å²) in [6.45, 7) is 2.39. The molecule has 1 N–H and O–H groups in total. The predicted octanol–water partition coefficient (Wildman–Crippen LogP) is 4.37. The van der Waals surface area contributed by atoms with Gasteiger partial charge >= 0.3 is 0 Å². The quantitative estimate of drug-likeness (QED) is 0.617. The largest absolute Gasteiger partial charge is 0.508 e. The monoisotopic (exact) mass is 296 g/mol. The van der Waals surface area contributed by atoms with Gasteiger partial charge in [0.2, 0.25) is 0 Å². The van der Waals surface area contributed by atoms with Crippen LogP contribution in [0.1, 0.15) is 56.1 Å². The average molecular weight is 296 g/mol. The molecule has 4 atom stereocenters. The summed E-state index contributed by atoms with van der Waals surface area (Å²) in [6.07, 6.45) is 9.89. The number of carbonyl (C=O) groups excluding carboxylic acids is 1. The van der Waals surface area contributed by atoms with E-state index in [1.54, 1.807) is 0 Å². The van der Waals surface area contributed by atoms with E-state index in [1.807, 2.05) is 18.2 Å². The number of phenols is 1. The highest BCUT2D eigenvalue weighted by Crippen LogP contribution is 2.62. The summed E-state index contributed by atoms with van der Waals surface area (Å²) >= 11 is 0. The Balaban J connectivity index is 1.70. The number of allylic oxidation sites excluding steroid dienone is 2. The summed E-state index contributed by atoms with van der Waals surface area (Å²) < 4.78 is 0. The van der Waals surface area contributed by atoms with Crippen LogP contribution in [0.5, 0.6) is 5.75 Å². The highest BCUT2D eigenvalue weighted by Gasteiger charge is 2.52. The molecule has 22 heavy (non-hydrogen) atoms. The topological polar surface area (TPSA) is 37.3 Å². The third-order valence-corrected chi connectivity index (χ3v) is 6.83. The fourth-order valence-corrected chi connectivity index (χ4v) is 5.77. The number of benzene rings is 1. The molecule has 0 heterocycles. The summed E-state index contributed by atoms with van der Waals surface area (Å²) in [7, 11) is 0. The Labute approximate surface area is 132 Å². The Bertz CT molecular complexity index is 645. The normalized spacial score (nSPS) is 38.2. The first-order valence-corrected chi connectivity index (χ1v) is 8.60. The third-order valence-electron chi connectivity index (χ3n) is 6.83. The molecule has 0 radical (unpaired) electrons. The van der Waals surface area contributed by atoms with Crippen LogP contribution in [0.15, 0.2) is 29.8 Å². The van der Waals surface area contributed by atoms with Crippen LogP contribution in [-0.2, 0) is 11.2 Å². The lowest BCUT2D eigenvalue weighted by molar-refractivity contribution is -0.104. The van der Waals surface area contributed by atoms with Gasteiger partial charge in [-0.1, -0.05) is 18.6 Å². The highest BCUT2D eigenvalue weighted by atomic mass is 16.3. The first kappa shape index (κ1) is 14.0. The van der Waals surface area contributed by atoms with E-state index in [2.05, 4.69) is 13.0 Å². The van der Waals surface area contributed by atoms with E-state index in [1.165, 1.54) is 42.4 Å². The van der Waals surface area contributed by atoms with Crippen molar-refractivity contribution in [2.75, 3.05) is 0 Å². The van der Waals surface area contributed by atoms with Gasteiger partial charge in [-0.2, -0.15) is 0 Å². The van der Waals surface area contributed by atoms with Gasteiger partial charge in [0.1, 0.15) is 12.0 Å². The number of hydrogen-bond acceptors (Lipinski definition) is 2. The summed E-state index contributed by atoms with van der Waals surface area (Å²) in [6, 6.07) is 5.97. The lowest BCUT2D eigenvalue weighted by atomic mass is 9.55. The molecule has 3 aliphatic carbocycles. The van der Waals surface area contributed by atoms with E-state index in [0.29, 0.717) is 11.7 Å². The number of fused-ring (bicyclic) bond motifs is 5. The van der Waals surface area contributed by atoms with Gasteiger partial charge in [-0.3, -0.25) is 4.79 Å². The molecule has 0 aliphatic heterocycles. The van der Waals surface area contributed by atoms with Crippen LogP contribution in [0.25, 0.3) is 0 Å². The van der Waals surface area contributed by atoms with Crippen LogP contribution in [0.4, 0.5) is 0 Å². The fourth-order valence-electron chi connectivity index (χ4n) is 5.77. The van der Waals surface area contributed by atoms with E-state index in [4.69, 9.17) is 0 Å². The van der Waals surface area contributed by atoms with Crippen molar-refractivity contribution in [3.05, 3.63) is 41.0 Å². The van der Waals surface area contributed by atoms with E-state index in [0.717, 1.165) is 31.0 Å². The number of phenolic OH excluding ortho intramolecular Hbond substituents is 1. The molecule has 0 saturated heterocycles. The van der Waals surface area contributed by atoms with Crippen LogP contribution < -0.4 is 0 Å². The van der Waals surface area contributed by atoms with Gasteiger partial charge in [0, 0.05) is 0 Å². The fraction of sp³-hybridized carbons (Fsp3) is 0.550. The zero-order valence-electron chi connectivity index (χ0n) is 13.2. The molecule has 1 aromatic rings. The van der Waals surface area contributed by atoms with Crippen molar-refractivity contribution in [3.63, 3.8) is 0 Å². The van der Waals surface area contributed by atoms with Gasteiger partial charge in [0.15, 0.2) is 0 Å². The molecule has 2 heteroatoms. The standard InChI is InChI=1S/C20H24O2/c1-20-10-8-17-16-6-4-15(22)12-13(16)2-5-18(17)19(20)7-3-14(20)9-11-21/h4,6,9,11-12,17-19,22H,2-3,5,7-8,10H2,1H3/b14-9+/t17-,18-,19+,20-/m1/s1. The first-order chi connectivity index (χ1) is 10.6. The molecule has 4 rings (SSSR count). The number of carbonyl (C=O) groups is 1. The summed E-state index contributed by atoms with van der Waals surface area (Å²) in [5.74, 6) is 2.51. The Hall–Kier alpha value is -1.57. The second-order valence-electron chi connectivity index (χ2n) is 7.62. The predicted molar refractivity (Wildman–Crippen MR) is 86.9 cm³/mol. The van der Waals surface area contributed by atoms with E-state index < -0.39 is 0 Å². The molecule has 2 saturated carbocycles. The minimum absolute atomic E-state index is 0.247. The lowest BCUT2D eigenvalue weighted by Crippen LogP contribution is -2.40. The molecule has 0 aromatic heterocycles. The van der Waals surface area contributed by atoms with Crippen molar-refractivity contribution in [3.8, 4) is 5.75 Å². The first-order valence-electron chi connectivity index (χ1n) is 8.60. The summed E-state index contributed by atoms with van der Waals surface area (Å²) in [5.41, 5.74) is 4.47. The van der Waals surface area contributed by atoms with Crippen LogP contribution in [-0.4, -0.2) is 11.4 Å². The molecule has 0 amide bonds. The molecular formula is C20H24O2. The van der Waals surface area contributed by atoms with Gasteiger partial charge < -0.3 is 5.11 Å². The molecule has 2 fully saturated rings. The van der Waals surface area contributed by atoms with Crippen molar-refractivity contribution in [1.82, 2.24) is 0 Å². The molecule has 0 bridgehead atoms. The maximum atomic E-state index is 11.0. The van der Waals surface area contributed by atoms with Crippen LogP contribution in [0.3, 0.4) is 0 Å². The SMILES string of the molecule is C[C@]12CC[C@@H]3c4ccc(O)cc4CC[C@H]3[C@@H]1CC/C2=C\C=O. The molecule has 116 valence electrons. The Kier molecular flexibility index (Phi) is 3.18. The van der Waals surface area contributed by atoms with Crippen molar-refractivity contribution >= 4 is 6.29 Å². The third kappa shape index (κ3) is 1.89. The van der Waals surface area contributed by atoms with E-state index >= 15 is 0 Å². The maximum absolute atomic E-state index is 11.0. The zero-order chi connectivity index (χ0) is 15.3. The van der Waals surface area contributed by atoms with Crippen LogP contribution in [0, 0.1) is 17.3 Å². The maximum Gasteiger partial charge on any atom is 0.142 e. The van der Waals surface area contributed by atoms with Crippen LogP contribution in [0.2, 0.25) is 0 Å². The summed E-state index contributed by atoms with van der Waals surface area (Å²) in [4.78, 5) is 11.0. The van der Waals surface area contributed by atoms with E-state index in [9.17, 15) is 9.90 Å². The number of rotatable bonds is 1. The number of aromatic hydroxyl groups is 1. The van der Waals surface area contributed by atoms with E-state index in [-0.39, 0.29) is 5.41 Å². The average Bonchev–Trinajstić information content (AvgIpc) is 2.84. The second kappa shape index (κ2) is 4.97. The molecule has 0 unspecified atom stereocenters. The molecule has 0 spiro atoms. The second-order valence-corrected chi connectivity index (χ2v) is 7.62. The minimum Gasteiger partial charge on any atom is -0.508 e. The van der Waals surface area contributed by atoms with Crippen molar-refractivity contribution in [1.29, 1.82) is 0 Å². The van der Waals surface area contributed by atoms with Gasteiger partial charge in [0.05, 0.1) is 0 Å². The highest BCUT2D eigenvalue weighted by molar-refractivity contribution is 5.67. The Morgan fingerprint density at radius 1 is 1.23 bits per heavy atom. The molecule has 3 aliphatic rings. The van der Waals surface area contributed by atoms with Crippen molar-refractivity contribution in [2.24, 2.45) is 17.3 Å². The smallest absolute Gasteiger partial charge is 0.142 e. The number of aldehydes is 1. The zero-order valence-corrected chi connectivity index (χ0v) is 13.2. The van der Waals surface area contributed by atoms with Crippen molar-refractivity contribution < 1.29 is 9.90 Å². The lowest BCUT2D eigenvalue weighted by Gasteiger charge is -2.49. The molecule has 1 aromatic carbocycles. The molecule has 2 nitrogen and oxygen atoms in total. The van der Waals surface area contributed by atoms with Gasteiger partial charge in [-0.05, 0) is 91.0 Å². The number of aryl methyl sites for hydroxylation is 1. The van der Waals surface area contributed by atoms with Gasteiger partial charge in [-0.25, -0.2) is 0 Å². The van der Waals surface area contributed by atoms with Crippen LogP contribution >= 0.6 is 0 Å². The minimum atomic E-state index is 0.247. The Morgan fingerprint density at radius 2 is 2.09 bits per heavy atom.